The largest absolute Gasteiger partial charge is 0.496 e. The fourth-order valence-corrected chi connectivity index (χ4v) is 2.60. The first-order valence-electron chi connectivity index (χ1n) is 7.06. The maximum absolute atomic E-state index is 12.2. The van der Waals surface area contributed by atoms with Gasteiger partial charge in [0.25, 0.3) is 5.91 Å². The normalized spacial score (nSPS) is 19.2. The number of halogens is 1. The first kappa shape index (κ1) is 15.1. The number of carbonyl (C=O) groups is 1. The van der Waals surface area contributed by atoms with E-state index in [-0.39, 0.29) is 5.91 Å². The van der Waals surface area contributed by atoms with Crippen LogP contribution in [0.3, 0.4) is 0 Å². The monoisotopic (exact) mass is 296 g/mol. The molecule has 5 heteroatoms. The van der Waals surface area contributed by atoms with Crippen molar-refractivity contribution in [1.29, 1.82) is 0 Å². The Morgan fingerprint density at radius 1 is 1.45 bits per heavy atom. The summed E-state index contributed by atoms with van der Waals surface area (Å²) < 4.78 is 5.20. The zero-order valence-corrected chi connectivity index (χ0v) is 12.5. The Morgan fingerprint density at radius 3 is 3.10 bits per heavy atom. The third kappa shape index (κ3) is 4.12. The average molecular weight is 297 g/mol. The van der Waals surface area contributed by atoms with Crippen LogP contribution in [0.2, 0.25) is 5.02 Å². The summed E-state index contributed by atoms with van der Waals surface area (Å²) in [6, 6.07) is 5.40. The lowest BCUT2D eigenvalue weighted by Crippen LogP contribution is -2.40. The summed E-state index contributed by atoms with van der Waals surface area (Å²) in [5.74, 6) is 0.383. The summed E-state index contributed by atoms with van der Waals surface area (Å²) in [4.78, 5) is 12.2. The summed E-state index contributed by atoms with van der Waals surface area (Å²) in [6.07, 6.45) is 4.81. The van der Waals surface area contributed by atoms with E-state index in [1.54, 1.807) is 18.2 Å². The van der Waals surface area contributed by atoms with E-state index in [1.165, 1.54) is 26.4 Å². The second kappa shape index (κ2) is 7.50. The lowest BCUT2D eigenvalue weighted by atomic mass is 10.1. The second-order valence-electron chi connectivity index (χ2n) is 5.06. The highest BCUT2D eigenvalue weighted by Crippen LogP contribution is 2.23. The maximum atomic E-state index is 12.2. The molecule has 110 valence electrons. The molecule has 0 aromatic heterocycles. The van der Waals surface area contributed by atoms with Crippen LogP contribution in [-0.4, -0.2) is 32.1 Å². The molecular formula is C15H21ClN2O2. The number of amides is 1. The van der Waals surface area contributed by atoms with Crippen LogP contribution in [0.25, 0.3) is 0 Å². The molecule has 1 aromatic rings. The minimum absolute atomic E-state index is 0.121. The molecule has 1 aliphatic rings. The number of ether oxygens (including phenoxy) is 1. The van der Waals surface area contributed by atoms with E-state index in [9.17, 15) is 4.79 Å². The Kier molecular flexibility index (Phi) is 5.68. The topological polar surface area (TPSA) is 50.4 Å². The van der Waals surface area contributed by atoms with Gasteiger partial charge < -0.3 is 15.4 Å². The van der Waals surface area contributed by atoms with Crippen LogP contribution in [0, 0.1) is 0 Å². The van der Waals surface area contributed by atoms with Crippen molar-refractivity contribution in [2.45, 2.75) is 31.7 Å². The van der Waals surface area contributed by atoms with Gasteiger partial charge in [-0.15, -0.1) is 0 Å². The smallest absolute Gasteiger partial charge is 0.255 e. The molecule has 0 aliphatic carbocycles. The van der Waals surface area contributed by atoms with Gasteiger partial charge in [-0.25, -0.2) is 0 Å². The zero-order chi connectivity index (χ0) is 14.4. The van der Waals surface area contributed by atoms with Gasteiger partial charge >= 0.3 is 0 Å². The first-order chi connectivity index (χ1) is 9.70. The van der Waals surface area contributed by atoms with Gasteiger partial charge in [-0.05, 0) is 37.6 Å². The van der Waals surface area contributed by atoms with Gasteiger partial charge in [-0.2, -0.15) is 0 Å². The molecule has 20 heavy (non-hydrogen) atoms. The molecular weight excluding hydrogens is 276 g/mol. The molecule has 0 unspecified atom stereocenters. The molecule has 0 radical (unpaired) electrons. The van der Waals surface area contributed by atoms with Crippen LogP contribution in [0.5, 0.6) is 5.75 Å². The molecule has 0 bridgehead atoms. The molecule has 2 rings (SSSR count). The minimum Gasteiger partial charge on any atom is -0.496 e. The van der Waals surface area contributed by atoms with Crippen molar-refractivity contribution < 1.29 is 9.53 Å². The van der Waals surface area contributed by atoms with Gasteiger partial charge in [0.05, 0.1) is 12.7 Å². The van der Waals surface area contributed by atoms with Gasteiger partial charge in [-0.3, -0.25) is 4.79 Å². The fraction of sp³-hybridized carbons (Fsp3) is 0.533. The van der Waals surface area contributed by atoms with Crippen LogP contribution in [0.4, 0.5) is 0 Å². The van der Waals surface area contributed by atoms with E-state index in [0.29, 0.717) is 28.9 Å². The summed E-state index contributed by atoms with van der Waals surface area (Å²) in [5, 5.41) is 6.98. The van der Waals surface area contributed by atoms with E-state index in [2.05, 4.69) is 10.6 Å². The van der Waals surface area contributed by atoms with Crippen LogP contribution in [-0.2, 0) is 0 Å². The molecule has 1 saturated heterocycles. The van der Waals surface area contributed by atoms with E-state index in [0.717, 1.165) is 13.0 Å². The van der Waals surface area contributed by atoms with E-state index < -0.39 is 0 Å². The van der Waals surface area contributed by atoms with E-state index >= 15 is 0 Å². The van der Waals surface area contributed by atoms with Crippen LogP contribution >= 0.6 is 11.6 Å². The van der Waals surface area contributed by atoms with Crippen LogP contribution < -0.4 is 15.4 Å². The Balaban J connectivity index is 1.94. The standard InChI is InChI=1S/C15H21ClN2O2/c1-20-14-9-11(16)6-7-13(14)15(19)18-10-12-5-3-2-4-8-17-12/h6-7,9,12,17H,2-5,8,10H2,1H3,(H,18,19)/t12-/m0/s1. The highest BCUT2D eigenvalue weighted by Gasteiger charge is 2.16. The quantitative estimate of drug-likeness (QED) is 0.898. The summed E-state index contributed by atoms with van der Waals surface area (Å²) in [5.41, 5.74) is 0.519. The van der Waals surface area contributed by atoms with Crippen molar-refractivity contribution in [3.8, 4) is 5.75 Å². The lowest BCUT2D eigenvalue weighted by molar-refractivity contribution is 0.0946. The SMILES string of the molecule is COc1cc(Cl)ccc1C(=O)NC[C@@H]1CCCCCN1. The fourth-order valence-electron chi connectivity index (χ4n) is 2.44. The molecule has 1 heterocycles. The molecule has 1 fully saturated rings. The van der Waals surface area contributed by atoms with Gasteiger partial charge in [0.15, 0.2) is 0 Å². The molecule has 1 aromatic carbocycles. The van der Waals surface area contributed by atoms with E-state index in [4.69, 9.17) is 16.3 Å². The van der Waals surface area contributed by atoms with Gasteiger partial charge in [0.2, 0.25) is 0 Å². The van der Waals surface area contributed by atoms with Crippen LogP contribution in [0.15, 0.2) is 18.2 Å². The Labute approximate surface area is 124 Å². The third-order valence-corrected chi connectivity index (χ3v) is 3.81. The van der Waals surface area contributed by atoms with Gasteiger partial charge in [0, 0.05) is 17.6 Å². The number of hydrogen-bond acceptors (Lipinski definition) is 3. The average Bonchev–Trinajstić information content (AvgIpc) is 2.73. The highest BCUT2D eigenvalue weighted by molar-refractivity contribution is 6.30. The van der Waals surface area contributed by atoms with Crippen LogP contribution in [0.1, 0.15) is 36.0 Å². The number of hydrogen-bond donors (Lipinski definition) is 2. The van der Waals surface area contributed by atoms with Gasteiger partial charge in [-0.1, -0.05) is 24.4 Å². The molecule has 0 saturated carbocycles. The predicted octanol–water partition coefficient (Wildman–Crippen LogP) is 2.61. The third-order valence-electron chi connectivity index (χ3n) is 3.58. The van der Waals surface area contributed by atoms with Crippen molar-refractivity contribution >= 4 is 17.5 Å². The number of carbonyl (C=O) groups excluding carboxylic acids is 1. The second-order valence-corrected chi connectivity index (χ2v) is 5.49. The maximum Gasteiger partial charge on any atom is 0.255 e. The first-order valence-corrected chi connectivity index (χ1v) is 7.43. The summed E-state index contributed by atoms with van der Waals surface area (Å²) in [6.45, 7) is 1.68. The van der Waals surface area contributed by atoms with Crippen molar-refractivity contribution in [3.05, 3.63) is 28.8 Å². The Hall–Kier alpha value is -1.26. The molecule has 0 spiro atoms. The van der Waals surface area contributed by atoms with Crippen molar-refractivity contribution in [2.75, 3.05) is 20.2 Å². The lowest BCUT2D eigenvalue weighted by Gasteiger charge is -2.17. The zero-order valence-electron chi connectivity index (χ0n) is 11.7. The van der Waals surface area contributed by atoms with Crippen molar-refractivity contribution in [3.63, 3.8) is 0 Å². The number of nitrogens with one attached hydrogen (secondary N) is 2. The predicted molar refractivity (Wildman–Crippen MR) is 80.6 cm³/mol. The Morgan fingerprint density at radius 2 is 2.30 bits per heavy atom. The molecule has 4 nitrogen and oxygen atoms in total. The van der Waals surface area contributed by atoms with Crippen molar-refractivity contribution in [1.82, 2.24) is 10.6 Å². The molecule has 1 atom stereocenters. The highest BCUT2D eigenvalue weighted by atomic mass is 35.5. The molecule has 1 aliphatic heterocycles. The van der Waals surface area contributed by atoms with Gasteiger partial charge in [0.1, 0.15) is 5.75 Å². The minimum atomic E-state index is -0.121. The number of rotatable bonds is 4. The van der Waals surface area contributed by atoms with Crippen molar-refractivity contribution in [2.24, 2.45) is 0 Å². The Bertz CT molecular complexity index is 457. The van der Waals surface area contributed by atoms with E-state index in [1.807, 2.05) is 0 Å². The molecule has 2 N–H and O–H groups in total. The summed E-state index contributed by atoms with van der Waals surface area (Å²) >= 11 is 5.90. The summed E-state index contributed by atoms with van der Waals surface area (Å²) in [7, 11) is 1.54. The number of benzene rings is 1. The number of methoxy groups -OCH3 is 1. The molecule has 1 amide bonds.